The highest BCUT2D eigenvalue weighted by Crippen LogP contribution is 2.08. The van der Waals surface area contributed by atoms with E-state index in [-0.39, 0.29) is 13.2 Å². The third-order valence-electron chi connectivity index (χ3n) is 5.41. The molecule has 1 saturated heterocycles. The summed E-state index contributed by atoms with van der Waals surface area (Å²) in [4.78, 5) is 19.8. The summed E-state index contributed by atoms with van der Waals surface area (Å²) in [6.45, 7) is 11.2. The van der Waals surface area contributed by atoms with Crippen LogP contribution in [0.15, 0.2) is 0 Å². The highest BCUT2D eigenvalue weighted by molar-refractivity contribution is 5.69. The van der Waals surface area contributed by atoms with Crippen molar-refractivity contribution in [2.45, 2.75) is 26.0 Å². The molecule has 1 aliphatic heterocycles. The third kappa shape index (κ3) is 8.82. The van der Waals surface area contributed by atoms with Crippen molar-refractivity contribution in [1.29, 1.82) is 0 Å². The quantitative estimate of drug-likeness (QED) is 0.376. The van der Waals surface area contributed by atoms with E-state index in [4.69, 9.17) is 0 Å². The maximum Gasteiger partial charge on any atom is 0.317 e. The van der Waals surface area contributed by atoms with E-state index in [1.165, 1.54) is 0 Å². The number of aliphatic hydroxyl groups excluding tert-OH is 3. The summed E-state index contributed by atoms with van der Waals surface area (Å²) in [5.41, 5.74) is 0. The summed E-state index contributed by atoms with van der Waals surface area (Å²) >= 11 is 0. The first-order valence-electron chi connectivity index (χ1n) is 9.97. The average Bonchev–Trinajstić information content (AvgIpc) is 2.65. The number of aliphatic hydroxyl groups is 3. The van der Waals surface area contributed by atoms with Gasteiger partial charge in [0.15, 0.2) is 0 Å². The lowest BCUT2D eigenvalue weighted by atomic mass is 10.1. The van der Waals surface area contributed by atoms with Gasteiger partial charge < -0.3 is 30.2 Å². The van der Waals surface area contributed by atoms with Gasteiger partial charge in [-0.25, -0.2) is 0 Å². The van der Waals surface area contributed by atoms with E-state index in [2.05, 4.69) is 23.6 Å². The van der Waals surface area contributed by atoms with Gasteiger partial charge in [-0.1, -0.05) is 13.8 Å². The molecule has 160 valence electrons. The largest absolute Gasteiger partial charge is 0.480 e. The lowest BCUT2D eigenvalue weighted by molar-refractivity contribution is -0.138. The van der Waals surface area contributed by atoms with Crippen LogP contribution in [-0.2, 0) is 4.79 Å². The molecular formula is C18H38N4O5. The molecule has 9 nitrogen and oxygen atoms in total. The topological polar surface area (TPSA) is 111 Å². The van der Waals surface area contributed by atoms with Crippen molar-refractivity contribution in [1.82, 2.24) is 19.6 Å². The van der Waals surface area contributed by atoms with E-state index in [9.17, 15) is 25.2 Å². The van der Waals surface area contributed by atoms with Gasteiger partial charge in [0, 0.05) is 52.4 Å². The number of hydrogen-bond donors (Lipinski definition) is 4. The number of aliphatic carboxylic acids is 1. The molecule has 0 aromatic rings. The molecule has 4 N–H and O–H groups in total. The minimum absolute atomic E-state index is 0.0289. The average molecular weight is 391 g/mol. The van der Waals surface area contributed by atoms with E-state index in [0.717, 1.165) is 39.3 Å². The Hall–Kier alpha value is -0.810. The van der Waals surface area contributed by atoms with E-state index in [1.807, 2.05) is 9.80 Å². The molecule has 1 rings (SSSR count). The van der Waals surface area contributed by atoms with Gasteiger partial charge in [-0.2, -0.15) is 0 Å². The Morgan fingerprint density at radius 2 is 1.26 bits per heavy atom. The van der Waals surface area contributed by atoms with E-state index >= 15 is 0 Å². The molecule has 0 aromatic carbocycles. The van der Waals surface area contributed by atoms with Crippen molar-refractivity contribution in [3.8, 4) is 0 Å². The van der Waals surface area contributed by atoms with Crippen LogP contribution in [0.3, 0.4) is 0 Å². The van der Waals surface area contributed by atoms with Gasteiger partial charge >= 0.3 is 5.97 Å². The van der Waals surface area contributed by atoms with Crippen molar-refractivity contribution in [2.75, 3.05) is 85.2 Å². The molecule has 1 fully saturated rings. The predicted octanol–water partition coefficient (Wildman–Crippen LogP) is -1.95. The van der Waals surface area contributed by atoms with E-state index in [1.54, 1.807) is 0 Å². The lowest BCUT2D eigenvalue weighted by Crippen LogP contribution is -2.53. The Morgan fingerprint density at radius 3 is 1.67 bits per heavy atom. The van der Waals surface area contributed by atoms with Crippen molar-refractivity contribution in [3.05, 3.63) is 0 Å². The fourth-order valence-electron chi connectivity index (χ4n) is 3.47. The van der Waals surface area contributed by atoms with Crippen LogP contribution >= 0.6 is 0 Å². The molecule has 0 aromatic heterocycles. The zero-order chi connectivity index (χ0) is 20.2. The van der Waals surface area contributed by atoms with Crippen LogP contribution in [0.1, 0.15) is 13.8 Å². The Morgan fingerprint density at radius 1 is 0.815 bits per heavy atom. The second-order valence-corrected chi connectivity index (χ2v) is 7.07. The number of carboxylic acid groups (broad SMARTS) is 1. The van der Waals surface area contributed by atoms with Gasteiger partial charge in [-0.15, -0.1) is 0 Å². The van der Waals surface area contributed by atoms with Gasteiger partial charge in [-0.05, 0) is 13.1 Å². The number of rotatable bonds is 8. The monoisotopic (exact) mass is 390 g/mol. The van der Waals surface area contributed by atoms with E-state index in [0.29, 0.717) is 26.2 Å². The fourth-order valence-corrected chi connectivity index (χ4v) is 3.47. The molecular weight excluding hydrogens is 352 g/mol. The highest BCUT2D eigenvalue weighted by Gasteiger charge is 2.26. The molecule has 0 saturated carbocycles. The van der Waals surface area contributed by atoms with Crippen molar-refractivity contribution < 1.29 is 25.2 Å². The Balaban J connectivity index is 2.91. The van der Waals surface area contributed by atoms with Gasteiger partial charge in [0.1, 0.15) is 0 Å². The van der Waals surface area contributed by atoms with Gasteiger partial charge in [0.2, 0.25) is 0 Å². The minimum Gasteiger partial charge on any atom is -0.480 e. The maximum absolute atomic E-state index is 11.2. The summed E-state index contributed by atoms with van der Waals surface area (Å²) in [7, 11) is 0. The van der Waals surface area contributed by atoms with Crippen LogP contribution in [0.25, 0.3) is 0 Å². The summed E-state index contributed by atoms with van der Waals surface area (Å²) in [6.07, 6.45) is -1.03. The Kier molecular flexibility index (Phi) is 12.0. The number of nitrogens with zero attached hydrogens (tertiary/aromatic N) is 4. The molecule has 0 bridgehead atoms. The van der Waals surface area contributed by atoms with Crippen LogP contribution in [-0.4, -0.2) is 143 Å². The van der Waals surface area contributed by atoms with Crippen molar-refractivity contribution >= 4 is 5.97 Å². The number of carbonyl (C=O) groups is 1. The van der Waals surface area contributed by atoms with Crippen LogP contribution in [0.4, 0.5) is 0 Å². The third-order valence-corrected chi connectivity index (χ3v) is 5.41. The second-order valence-electron chi connectivity index (χ2n) is 7.07. The number of carboxylic acids is 1. The predicted molar refractivity (Wildman–Crippen MR) is 104 cm³/mol. The standard InChI is InChI=1S/C18H38N4O5/c1-3-19-5-6-20(4-2)9-11-22(16(14-23)17(25)15-24)12-10-21(8-7-19)13-18(26)27/h16-17,23-25H,3-15H2,1-2H3,(H,26,27). The smallest absolute Gasteiger partial charge is 0.317 e. The van der Waals surface area contributed by atoms with E-state index < -0.39 is 24.7 Å². The Labute approximate surface area is 162 Å². The van der Waals surface area contributed by atoms with Gasteiger partial charge in [0.25, 0.3) is 0 Å². The fraction of sp³-hybridized carbons (Fsp3) is 0.944. The maximum atomic E-state index is 11.2. The first kappa shape index (κ1) is 24.2. The highest BCUT2D eigenvalue weighted by atomic mass is 16.4. The van der Waals surface area contributed by atoms with Crippen LogP contribution < -0.4 is 0 Å². The summed E-state index contributed by atoms with van der Waals surface area (Å²) in [5, 5.41) is 38.3. The number of hydrogen-bond acceptors (Lipinski definition) is 8. The molecule has 0 amide bonds. The zero-order valence-corrected chi connectivity index (χ0v) is 16.8. The second kappa shape index (κ2) is 13.4. The first-order chi connectivity index (χ1) is 12.9. The minimum atomic E-state index is -1.03. The molecule has 2 unspecified atom stereocenters. The summed E-state index contributed by atoms with van der Waals surface area (Å²) in [5.74, 6) is -0.858. The molecule has 9 heteroatoms. The van der Waals surface area contributed by atoms with Crippen LogP contribution in [0.2, 0.25) is 0 Å². The normalized spacial score (nSPS) is 22.7. The van der Waals surface area contributed by atoms with Gasteiger partial charge in [0.05, 0.1) is 31.9 Å². The molecule has 1 aliphatic rings. The molecule has 1 heterocycles. The molecule has 0 aliphatic carbocycles. The molecule has 27 heavy (non-hydrogen) atoms. The van der Waals surface area contributed by atoms with Gasteiger partial charge in [-0.3, -0.25) is 14.6 Å². The summed E-state index contributed by atoms with van der Waals surface area (Å²) in [6, 6.07) is -0.560. The van der Waals surface area contributed by atoms with Crippen molar-refractivity contribution in [3.63, 3.8) is 0 Å². The number of likely N-dealkylation sites (N-methyl/N-ethyl adjacent to an activating group) is 2. The molecule has 0 radical (unpaired) electrons. The zero-order valence-electron chi connectivity index (χ0n) is 16.8. The van der Waals surface area contributed by atoms with Crippen molar-refractivity contribution in [2.24, 2.45) is 0 Å². The Bertz CT molecular complexity index is 415. The first-order valence-corrected chi connectivity index (χ1v) is 9.97. The molecule has 2 atom stereocenters. The van der Waals surface area contributed by atoms with Crippen LogP contribution in [0.5, 0.6) is 0 Å². The molecule has 0 spiro atoms. The van der Waals surface area contributed by atoms with Crippen LogP contribution in [0, 0.1) is 0 Å². The summed E-state index contributed by atoms with van der Waals surface area (Å²) < 4.78 is 0. The lowest BCUT2D eigenvalue weighted by Gasteiger charge is -2.37. The SMILES string of the molecule is CCN1CCN(CC)CCN(C(CO)C(O)CO)CCN(CC(=O)O)CC1.